The molecule has 2 rings (SSSR count). The number of nitrogens with one attached hydrogen (secondary N) is 1. The van der Waals surface area contributed by atoms with Gasteiger partial charge >= 0.3 is 0 Å². The van der Waals surface area contributed by atoms with Crippen molar-refractivity contribution in [2.45, 2.75) is 19.4 Å². The first-order valence-corrected chi connectivity index (χ1v) is 7.73. The van der Waals surface area contributed by atoms with Crippen molar-refractivity contribution in [1.29, 1.82) is 0 Å². The van der Waals surface area contributed by atoms with Crippen LogP contribution in [0.15, 0.2) is 45.5 Å². The maximum atomic E-state index is 4.44. The van der Waals surface area contributed by atoms with Crippen LogP contribution < -0.4 is 5.32 Å². The van der Waals surface area contributed by atoms with Gasteiger partial charge < -0.3 is 5.32 Å². The topological polar surface area (TPSA) is 24.9 Å². The van der Waals surface area contributed by atoms with E-state index in [0.717, 1.165) is 16.6 Å². The van der Waals surface area contributed by atoms with E-state index < -0.39 is 0 Å². The van der Waals surface area contributed by atoms with Gasteiger partial charge in [0, 0.05) is 33.3 Å². The predicted molar refractivity (Wildman–Crippen MR) is 86.3 cm³/mol. The number of hydrogen-bond donors (Lipinski definition) is 1. The molecule has 1 unspecified atom stereocenters. The molecule has 0 saturated heterocycles. The summed E-state index contributed by atoms with van der Waals surface area (Å²) in [7, 11) is 1.98. The van der Waals surface area contributed by atoms with E-state index >= 15 is 0 Å². The minimum atomic E-state index is 0.253. The second-order valence-corrected chi connectivity index (χ2v) is 6.20. The van der Waals surface area contributed by atoms with Crippen LogP contribution >= 0.6 is 31.9 Å². The molecule has 1 N–H and O–H groups in total. The summed E-state index contributed by atoms with van der Waals surface area (Å²) in [4.78, 5) is 4.44. The van der Waals surface area contributed by atoms with Gasteiger partial charge in [-0.2, -0.15) is 0 Å². The van der Waals surface area contributed by atoms with E-state index in [1.807, 2.05) is 19.3 Å². The summed E-state index contributed by atoms with van der Waals surface area (Å²) in [5, 5.41) is 3.37. The average molecular weight is 384 g/mol. The highest BCUT2D eigenvalue weighted by Crippen LogP contribution is 2.28. The Bertz CT molecular complexity index is 553. The molecule has 0 amide bonds. The van der Waals surface area contributed by atoms with Crippen LogP contribution in [-0.2, 0) is 6.42 Å². The number of aromatic nitrogens is 1. The zero-order valence-electron chi connectivity index (χ0n) is 11.0. The van der Waals surface area contributed by atoms with Crippen molar-refractivity contribution in [3.63, 3.8) is 0 Å². The normalized spacial score (nSPS) is 12.4. The Morgan fingerprint density at radius 2 is 2.00 bits per heavy atom. The molecule has 0 aliphatic rings. The van der Waals surface area contributed by atoms with E-state index in [4.69, 9.17) is 0 Å². The molecule has 2 nitrogen and oxygen atoms in total. The van der Waals surface area contributed by atoms with Crippen LogP contribution in [0, 0.1) is 6.92 Å². The molecule has 1 heterocycles. The zero-order valence-corrected chi connectivity index (χ0v) is 14.1. The van der Waals surface area contributed by atoms with Gasteiger partial charge in [-0.15, -0.1) is 0 Å². The average Bonchev–Trinajstić information content (AvgIpc) is 2.42. The SMILES string of the molecule is CNC(Cc1ccc(Br)cn1)c1cccc(C)c1Br. The summed E-state index contributed by atoms with van der Waals surface area (Å²) in [5.41, 5.74) is 3.60. The maximum Gasteiger partial charge on any atom is 0.0423 e. The highest BCUT2D eigenvalue weighted by atomic mass is 79.9. The Balaban J connectivity index is 2.25. The molecule has 19 heavy (non-hydrogen) atoms. The van der Waals surface area contributed by atoms with E-state index in [1.54, 1.807) is 0 Å². The molecule has 2 aromatic rings. The van der Waals surface area contributed by atoms with Gasteiger partial charge in [-0.1, -0.05) is 34.1 Å². The number of aryl methyl sites for hydroxylation is 1. The highest BCUT2D eigenvalue weighted by molar-refractivity contribution is 9.10. The Morgan fingerprint density at radius 1 is 1.21 bits per heavy atom. The van der Waals surface area contributed by atoms with Gasteiger partial charge in [-0.3, -0.25) is 4.98 Å². The fraction of sp³-hybridized carbons (Fsp3) is 0.267. The first-order chi connectivity index (χ1) is 9.11. The van der Waals surface area contributed by atoms with Gasteiger partial charge in [0.05, 0.1) is 0 Å². The number of rotatable bonds is 4. The third kappa shape index (κ3) is 3.65. The van der Waals surface area contributed by atoms with Crippen molar-refractivity contribution in [3.05, 3.63) is 62.3 Å². The molecule has 1 atom stereocenters. The second kappa shape index (κ2) is 6.64. The quantitative estimate of drug-likeness (QED) is 0.845. The summed E-state index contributed by atoms with van der Waals surface area (Å²) in [6.45, 7) is 2.11. The summed E-state index contributed by atoms with van der Waals surface area (Å²) in [5.74, 6) is 0. The standard InChI is InChI=1S/C15H16Br2N2/c1-10-4-3-5-13(15(10)17)14(18-2)8-12-7-6-11(16)9-19-12/h3-7,9,14,18H,8H2,1-2H3. The molecule has 100 valence electrons. The first-order valence-electron chi connectivity index (χ1n) is 6.14. The van der Waals surface area contributed by atoms with Gasteiger partial charge in [0.15, 0.2) is 0 Å². The zero-order chi connectivity index (χ0) is 13.8. The van der Waals surface area contributed by atoms with E-state index in [2.05, 4.69) is 73.3 Å². The molecule has 1 aromatic heterocycles. The van der Waals surface area contributed by atoms with Gasteiger partial charge in [0.1, 0.15) is 0 Å². The van der Waals surface area contributed by atoms with E-state index in [-0.39, 0.29) is 6.04 Å². The van der Waals surface area contributed by atoms with Crippen LogP contribution in [0.4, 0.5) is 0 Å². The second-order valence-electron chi connectivity index (χ2n) is 4.49. The third-order valence-corrected chi connectivity index (χ3v) is 4.70. The fourth-order valence-corrected chi connectivity index (χ4v) is 2.82. The number of likely N-dealkylation sites (N-methyl/N-ethyl adjacent to an activating group) is 1. The molecule has 0 radical (unpaired) electrons. The minimum absolute atomic E-state index is 0.253. The lowest BCUT2D eigenvalue weighted by atomic mass is 10.00. The van der Waals surface area contributed by atoms with Crippen LogP contribution in [0.1, 0.15) is 22.9 Å². The van der Waals surface area contributed by atoms with Crippen molar-refractivity contribution < 1.29 is 0 Å². The summed E-state index contributed by atoms with van der Waals surface area (Å²) >= 11 is 7.09. The van der Waals surface area contributed by atoms with Crippen LogP contribution in [0.25, 0.3) is 0 Å². The van der Waals surface area contributed by atoms with Crippen molar-refractivity contribution in [3.8, 4) is 0 Å². The fourth-order valence-electron chi connectivity index (χ4n) is 2.04. The molecule has 4 heteroatoms. The van der Waals surface area contributed by atoms with Crippen LogP contribution in [0.5, 0.6) is 0 Å². The Morgan fingerprint density at radius 3 is 2.63 bits per heavy atom. The largest absolute Gasteiger partial charge is 0.313 e. The van der Waals surface area contributed by atoms with Crippen LogP contribution in [-0.4, -0.2) is 12.0 Å². The molecule has 0 aliphatic heterocycles. The molecule has 0 fully saturated rings. The molecule has 0 bridgehead atoms. The van der Waals surface area contributed by atoms with Gasteiger partial charge in [-0.25, -0.2) is 0 Å². The van der Waals surface area contributed by atoms with Crippen molar-refractivity contribution in [2.75, 3.05) is 7.05 Å². The lowest BCUT2D eigenvalue weighted by Crippen LogP contribution is -2.20. The number of hydrogen-bond acceptors (Lipinski definition) is 2. The molecule has 0 spiro atoms. The van der Waals surface area contributed by atoms with Crippen LogP contribution in [0.2, 0.25) is 0 Å². The minimum Gasteiger partial charge on any atom is -0.313 e. The van der Waals surface area contributed by atoms with E-state index in [1.165, 1.54) is 15.6 Å². The molecule has 1 aromatic carbocycles. The van der Waals surface area contributed by atoms with E-state index in [0.29, 0.717) is 0 Å². The summed E-state index contributed by atoms with van der Waals surface area (Å²) in [6.07, 6.45) is 2.71. The number of nitrogens with zero attached hydrogens (tertiary/aromatic N) is 1. The molecular formula is C15H16Br2N2. The summed E-state index contributed by atoms with van der Waals surface area (Å²) in [6, 6.07) is 10.7. The molecular weight excluding hydrogens is 368 g/mol. The van der Waals surface area contributed by atoms with Crippen LogP contribution in [0.3, 0.4) is 0 Å². The van der Waals surface area contributed by atoms with Gasteiger partial charge in [0.2, 0.25) is 0 Å². The highest BCUT2D eigenvalue weighted by Gasteiger charge is 2.14. The maximum absolute atomic E-state index is 4.44. The third-order valence-electron chi connectivity index (χ3n) is 3.15. The van der Waals surface area contributed by atoms with Crippen molar-refractivity contribution >= 4 is 31.9 Å². The lowest BCUT2D eigenvalue weighted by Gasteiger charge is -2.19. The Hall–Kier alpha value is -0.710. The Kier molecular flexibility index (Phi) is 5.13. The van der Waals surface area contributed by atoms with Gasteiger partial charge in [0.25, 0.3) is 0 Å². The van der Waals surface area contributed by atoms with Gasteiger partial charge in [-0.05, 0) is 53.2 Å². The summed E-state index contributed by atoms with van der Waals surface area (Å²) < 4.78 is 2.18. The molecule has 0 saturated carbocycles. The number of pyridine rings is 1. The number of benzene rings is 1. The van der Waals surface area contributed by atoms with E-state index in [9.17, 15) is 0 Å². The smallest absolute Gasteiger partial charge is 0.0423 e. The Labute approximate surface area is 130 Å². The molecule has 0 aliphatic carbocycles. The van der Waals surface area contributed by atoms with Crippen molar-refractivity contribution in [1.82, 2.24) is 10.3 Å². The first kappa shape index (κ1) is 14.7. The lowest BCUT2D eigenvalue weighted by molar-refractivity contribution is 0.581. The number of halogens is 2. The van der Waals surface area contributed by atoms with Crippen molar-refractivity contribution in [2.24, 2.45) is 0 Å². The monoisotopic (exact) mass is 382 g/mol. The predicted octanol–water partition coefficient (Wildman–Crippen LogP) is 4.42.